The Morgan fingerprint density at radius 1 is 1.06 bits per heavy atom. The highest BCUT2D eigenvalue weighted by Crippen LogP contribution is 2.37. The molecule has 8 nitrogen and oxygen atoms in total. The lowest BCUT2D eigenvalue weighted by molar-refractivity contribution is -0.528. The van der Waals surface area contributed by atoms with E-state index in [1.54, 1.807) is 17.0 Å². The van der Waals surface area contributed by atoms with Crippen LogP contribution in [0.2, 0.25) is 0 Å². The first kappa shape index (κ1) is 21.6. The van der Waals surface area contributed by atoms with Crippen LogP contribution in [0.3, 0.4) is 0 Å². The zero-order valence-electron chi connectivity index (χ0n) is 17.5. The first-order valence-electron chi connectivity index (χ1n) is 10.1. The van der Waals surface area contributed by atoms with Crippen LogP contribution >= 0.6 is 0 Å². The van der Waals surface area contributed by atoms with Crippen LogP contribution in [0, 0.1) is 10.1 Å². The molecule has 0 aliphatic carbocycles. The number of nitrogens with two attached hydrogens (primary N) is 1. The second-order valence-corrected chi connectivity index (χ2v) is 9.50. The molecule has 0 saturated carbocycles. The Morgan fingerprint density at radius 3 is 2.41 bits per heavy atom. The van der Waals surface area contributed by atoms with Crippen LogP contribution in [0.1, 0.15) is 23.7 Å². The van der Waals surface area contributed by atoms with Crippen LogP contribution in [-0.2, 0) is 16.3 Å². The van der Waals surface area contributed by atoms with E-state index in [4.69, 9.17) is 10.5 Å². The van der Waals surface area contributed by atoms with E-state index in [0.717, 1.165) is 24.1 Å². The fourth-order valence-electron chi connectivity index (χ4n) is 4.06. The van der Waals surface area contributed by atoms with E-state index in [0.29, 0.717) is 12.3 Å². The maximum absolute atomic E-state index is 13.0. The van der Waals surface area contributed by atoms with Crippen molar-refractivity contribution in [1.29, 1.82) is 0 Å². The number of nitrogens with zero attached hydrogens (tertiary/aromatic N) is 2. The third-order valence-electron chi connectivity index (χ3n) is 5.66. The molecule has 3 aromatic carbocycles. The third kappa shape index (κ3) is 3.87. The number of rotatable bonds is 6. The minimum Gasteiger partial charge on any atom is -0.497 e. The van der Waals surface area contributed by atoms with Gasteiger partial charge in [-0.25, -0.2) is 8.42 Å². The summed E-state index contributed by atoms with van der Waals surface area (Å²) in [5.41, 5.74) is 8.36. The van der Waals surface area contributed by atoms with Gasteiger partial charge in [-0.2, -0.15) is 0 Å². The minimum atomic E-state index is -3.84. The van der Waals surface area contributed by atoms with Gasteiger partial charge < -0.3 is 15.4 Å². The van der Waals surface area contributed by atoms with E-state index in [9.17, 15) is 18.5 Å². The molecule has 3 aromatic rings. The quantitative estimate of drug-likeness (QED) is 0.342. The standard InChI is InChI=1S/C23H23N3O5S/c1-31-17-8-10-18(11-9-17)32(29,30)19-12-13-20(21(24)15-19)23(26(27)28)25-14-4-6-16-5-2-3-7-22(16)25/h2-3,5,7-13,15,23H,4,6,14,24H2,1H3. The molecule has 0 spiro atoms. The van der Waals surface area contributed by atoms with Gasteiger partial charge in [0, 0.05) is 17.9 Å². The summed E-state index contributed by atoms with van der Waals surface area (Å²) in [6.07, 6.45) is 0.422. The molecule has 0 fully saturated rings. The maximum atomic E-state index is 13.0. The molecule has 32 heavy (non-hydrogen) atoms. The second kappa shape index (κ2) is 8.51. The van der Waals surface area contributed by atoms with Crippen molar-refractivity contribution >= 4 is 21.2 Å². The molecule has 0 saturated heterocycles. The highest BCUT2D eigenvalue weighted by molar-refractivity contribution is 7.91. The summed E-state index contributed by atoms with van der Waals surface area (Å²) < 4.78 is 31.1. The number of benzene rings is 3. The molecule has 1 aliphatic heterocycles. The van der Waals surface area contributed by atoms with Crippen LogP contribution in [0.15, 0.2) is 76.5 Å². The molecule has 0 amide bonds. The number of para-hydroxylation sites is 1. The summed E-state index contributed by atoms with van der Waals surface area (Å²) in [7, 11) is -2.35. The van der Waals surface area contributed by atoms with Crippen LogP contribution in [0.5, 0.6) is 5.75 Å². The monoisotopic (exact) mass is 453 g/mol. The Bertz CT molecular complexity index is 1260. The summed E-state index contributed by atoms with van der Waals surface area (Å²) in [6.45, 7) is 0.508. The molecule has 1 heterocycles. The average molecular weight is 454 g/mol. The van der Waals surface area contributed by atoms with Crippen LogP contribution in [-0.4, -0.2) is 27.0 Å². The van der Waals surface area contributed by atoms with Crippen molar-refractivity contribution < 1.29 is 18.1 Å². The Hall–Kier alpha value is -3.59. The van der Waals surface area contributed by atoms with Gasteiger partial charge in [0.25, 0.3) is 0 Å². The number of methoxy groups -OCH3 is 1. The van der Waals surface area contributed by atoms with Crippen molar-refractivity contribution in [2.75, 3.05) is 24.3 Å². The first-order chi connectivity index (χ1) is 15.3. The number of nitro groups is 1. The van der Waals surface area contributed by atoms with Crippen LogP contribution in [0.4, 0.5) is 11.4 Å². The van der Waals surface area contributed by atoms with Crippen LogP contribution < -0.4 is 15.4 Å². The molecule has 2 N–H and O–H groups in total. The van der Waals surface area contributed by atoms with Crippen molar-refractivity contribution in [2.45, 2.75) is 28.8 Å². The maximum Gasteiger partial charge on any atom is 0.315 e. The highest BCUT2D eigenvalue weighted by Gasteiger charge is 2.35. The zero-order chi connectivity index (χ0) is 22.9. The van der Waals surface area contributed by atoms with E-state index in [1.807, 2.05) is 24.3 Å². The van der Waals surface area contributed by atoms with Crippen molar-refractivity contribution in [1.82, 2.24) is 0 Å². The summed E-state index contributed by atoms with van der Waals surface area (Å²) in [4.78, 5) is 13.5. The Labute approximate surface area is 186 Å². The summed E-state index contributed by atoms with van der Waals surface area (Å²) >= 11 is 0. The molecule has 4 rings (SSSR count). The Balaban J connectivity index is 1.72. The predicted octanol–water partition coefficient (Wildman–Crippen LogP) is 3.84. The number of sulfone groups is 1. The van der Waals surface area contributed by atoms with Gasteiger partial charge in [-0.3, -0.25) is 10.1 Å². The van der Waals surface area contributed by atoms with E-state index in [-0.39, 0.29) is 26.0 Å². The summed E-state index contributed by atoms with van der Waals surface area (Å²) in [5.74, 6) is 0.537. The average Bonchev–Trinajstić information content (AvgIpc) is 2.80. The SMILES string of the molecule is COc1ccc(S(=O)(=O)c2ccc(C(N3CCCc4ccccc43)[N+](=O)[O-])c(N)c2)cc1. The normalized spacial score (nSPS) is 14.5. The smallest absolute Gasteiger partial charge is 0.315 e. The minimum absolute atomic E-state index is 0.0231. The van der Waals surface area contributed by atoms with Crippen molar-refractivity contribution in [3.63, 3.8) is 0 Å². The number of hydrogen-bond acceptors (Lipinski definition) is 7. The molecule has 1 atom stereocenters. The Kier molecular flexibility index (Phi) is 5.75. The number of aryl methyl sites for hydroxylation is 1. The number of ether oxygens (including phenoxy) is 1. The van der Waals surface area contributed by atoms with Gasteiger partial charge in [-0.05, 0) is 66.9 Å². The number of hydrogen-bond donors (Lipinski definition) is 1. The van der Waals surface area contributed by atoms with Gasteiger partial charge in [0.1, 0.15) is 5.75 Å². The number of fused-ring (bicyclic) bond motifs is 1. The lowest BCUT2D eigenvalue weighted by Gasteiger charge is -2.33. The number of nitrogen functional groups attached to an aromatic ring is 1. The van der Waals surface area contributed by atoms with Gasteiger partial charge in [0.05, 0.1) is 27.4 Å². The fraction of sp³-hybridized carbons (Fsp3) is 0.217. The molecule has 1 aliphatic rings. The molecular weight excluding hydrogens is 430 g/mol. The van der Waals surface area contributed by atoms with Crippen LogP contribution in [0.25, 0.3) is 0 Å². The molecular formula is C23H23N3O5S. The van der Waals surface area contributed by atoms with E-state index in [2.05, 4.69) is 0 Å². The van der Waals surface area contributed by atoms with Crippen molar-refractivity contribution in [3.05, 3.63) is 88.0 Å². The first-order valence-corrected chi connectivity index (χ1v) is 11.6. The summed E-state index contributed by atoms with van der Waals surface area (Å²) in [5, 5.41) is 12.1. The highest BCUT2D eigenvalue weighted by atomic mass is 32.2. The van der Waals surface area contributed by atoms with Crippen molar-refractivity contribution in [3.8, 4) is 5.75 Å². The molecule has 0 aromatic heterocycles. The van der Waals surface area contributed by atoms with Crippen molar-refractivity contribution in [2.24, 2.45) is 0 Å². The largest absolute Gasteiger partial charge is 0.497 e. The van der Waals surface area contributed by atoms with Gasteiger partial charge in [-0.15, -0.1) is 0 Å². The Morgan fingerprint density at radius 2 is 1.75 bits per heavy atom. The van der Waals surface area contributed by atoms with Gasteiger partial charge in [0.2, 0.25) is 9.84 Å². The molecule has 0 radical (unpaired) electrons. The predicted molar refractivity (Wildman–Crippen MR) is 121 cm³/mol. The lowest BCUT2D eigenvalue weighted by Crippen LogP contribution is -2.38. The zero-order valence-corrected chi connectivity index (χ0v) is 18.3. The topological polar surface area (TPSA) is 116 Å². The van der Waals surface area contributed by atoms with E-state index >= 15 is 0 Å². The lowest BCUT2D eigenvalue weighted by atomic mass is 9.99. The van der Waals surface area contributed by atoms with E-state index in [1.165, 1.54) is 37.4 Å². The molecule has 166 valence electrons. The van der Waals surface area contributed by atoms with Gasteiger partial charge in [0.15, 0.2) is 0 Å². The number of anilines is 2. The third-order valence-corrected chi connectivity index (χ3v) is 7.42. The molecule has 0 bridgehead atoms. The van der Waals surface area contributed by atoms with E-state index < -0.39 is 16.0 Å². The second-order valence-electron chi connectivity index (χ2n) is 7.55. The molecule has 9 heteroatoms. The summed E-state index contributed by atoms with van der Waals surface area (Å²) in [6, 6.07) is 17.7. The van der Waals surface area contributed by atoms with Gasteiger partial charge >= 0.3 is 6.17 Å². The fourth-order valence-corrected chi connectivity index (χ4v) is 5.35. The van der Waals surface area contributed by atoms with Gasteiger partial charge in [-0.1, -0.05) is 18.2 Å². The molecule has 1 unspecified atom stereocenters.